The predicted octanol–water partition coefficient (Wildman–Crippen LogP) is 2.58. The van der Waals surface area contributed by atoms with Crippen molar-refractivity contribution in [1.82, 2.24) is 9.97 Å². The fourth-order valence-electron chi connectivity index (χ4n) is 1.11. The first-order valence-electron chi connectivity index (χ1n) is 5.53. The summed E-state index contributed by atoms with van der Waals surface area (Å²) in [6.07, 6.45) is 1.50. The lowest BCUT2D eigenvalue weighted by Gasteiger charge is -2.27. The topological polar surface area (TPSA) is 47.0 Å². The van der Waals surface area contributed by atoms with Crippen molar-refractivity contribution in [2.45, 2.75) is 27.7 Å². The van der Waals surface area contributed by atoms with E-state index in [1.165, 1.54) is 6.33 Å². The van der Waals surface area contributed by atoms with Crippen molar-refractivity contribution in [1.29, 1.82) is 0 Å². The summed E-state index contributed by atoms with van der Waals surface area (Å²) in [5.74, 6) is 1.96. The monoisotopic (exact) mass is 223 g/mol. The van der Waals surface area contributed by atoms with Crippen LogP contribution >= 0.6 is 0 Å². The standard InChI is InChI=1S/C12H21N3O/c1-9(12(2,3)4)7-13-10-6-11(16-5)15-8-14-10/h6,8-9H,7H2,1-5H3,(H,13,14,15). The molecule has 0 aromatic carbocycles. The summed E-state index contributed by atoms with van der Waals surface area (Å²) in [5, 5.41) is 3.29. The largest absolute Gasteiger partial charge is 0.481 e. The fraction of sp³-hybridized carbons (Fsp3) is 0.667. The minimum Gasteiger partial charge on any atom is -0.481 e. The highest BCUT2D eigenvalue weighted by atomic mass is 16.5. The summed E-state index contributed by atoms with van der Waals surface area (Å²) in [7, 11) is 1.60. The zero-order chi connectivity index (χ0) is 12.2. The summed E-state index contributed by atoms with van der Waals surface area (Å²) in [6, 6.07) is 1.80. The van der Waals surface area contributed by atoms with E-state index in [4.69, 9.17) is 4.74 Å². The van der Waals surface area contributed by atoms with Crippen LogP contribution in [0.1, 0.15) is 27.7 Å². The molecule has 0 aliphatic carbocycles. The Balaban J connectivity index is 2.54. The van der Waals surface area contributed by atoms with Crippen molar-refractivity contribution >= 4 is 5.82 Å². The number of aromatic nitrogens is 2. The van der Waals surface area contributed by atoms with Gasteiger partial charge < -0.3 is 10.1 Å². The molecule has 1 aromatic rings. The molecule has 0 saturated carbocycles. The second-order valence-corrected chi connectivity index (χ2v) is 5.09. The van der Waals surface area contributed by atoms with E-state index < -0.39 is 0 Å². The van der Waals surface area contributed by atoms with E-state index in [0.717, 1.165) is 12.4 Å². The molecule has 0 radical (unpaired) electrons. The molecule has 4 heteroatoms. The number of rotatable bonds is 4. The van der Waals surface area contributed by atoms with Crippen LogP contribution in [0, 0.1) is 11.3 Å². The molecule has 90 valence electrons. The molecule has 1 N–H and O–H groups in total. The highest BCUT2D eigenvalue weighted by Gasteiger charge is 2.19. The minimum atomic E-state index is 0.296. The Bertz CT molecular complexity index is 333. The van der Waals surface area contributed by atoms with Crippen molar-refractivity contribution in [3.05, 3.63) is 12.4 Å². The third-order valence-corrected chi connectivity index (χ3v) is 2.92. The van der Waals surface area contributed by atoms with Gasteiger partial charge in [0.2, 0.25) is 5.88 Å². The van der Waals surface area contributed by atoms with Gasteiger partial charge in [-0.1, -0.05) is 27.7 Å². The van der Waals surface area contributed by atoms with Gasteiger partial charge >= 0.3 is 0 Å². The van der Waals surface area contributed by atoms with Crippen LogP contribution < -0.4 is 10.1 Å². The van der Waals surface area contributed by atoms with E-state index in [-0.39, 0.29) is 0 Å². The van der Waals surface area contributed by atoms with Gasteiger partial charge in [0.15, 0.2) is 0 Å². The zero-order valence-electron chi connectivity index (χ0n) is 10.7. The fourth-order valence-corrected chi connectivity index (χ4v) is 1.11. The molecular weight excluding hydrogens is 202 g/mol. The van der Waals surface area contributed by atoms with Crippen LogP contribution in [0.15, 0.2) is 12.4 Å². The van der Waals surface area contributed by atoms with Gasteiger partial charge in [-0.15, -0.1) is 0 Å². The third-order valence-electron chi connectivity index (χ3n) is 2.92. The molecule has 0 bridgehead atoms. The van der Waals surface area contributed by atoms with Crippen LogP contribution in [0.3, 0.4) is 0 Å². The summed E-state index contributed by atoms with van der Waals surface area (Å²) in [5.41, 5.74) is 0.296. The normalized spacial score (nSPS) is 13.3. The molecule has 1 rings (SSSR count). The lowest BCUT2D eigenvalue weighted by Crippen LogP contribution is -2.25. The quantitative estimate of drug-likeness (QED) is 0.852. The van der Waals surface area contributed by atoms with Crippen molar-refractivity contribution in [3.8, 4) is 5.88 Å². The number of hydrogen-bond acceptors (Lipinski definition) is 4. The number of methoxy groups -OCH3 is 1. The Kier molecular flexibility index (Phi) is 4.10. The number of anilines is 1. The average molecular weight is 223 g/mol. The number of nitrogens with zero attached hydrogens (tertiary/aromatic N) is 2. The van der Waals surface area contributed by atoms with Gasteiger partial charge in [-0.25, -0.2) is 9.97 Å². The van der Waals surface area contributed by atoms with E-state index in [1.807, 2.05) is 0 Å². The smallest absolute Gasteiger partial charge is 0.218 e. The first kappa shape index (κ1) is 12.7. The summed E-state index contributed by atoms with van der Waals surface area (Å²) in [6.45, 7) is 9.83. The lowest BCUT2D eigenvalue weighted by molar-refractivity contribution is 0.274. The van der Waals surface area contributed by atoms with E-state index in [2.05, 4.69) is 43.0 Å². The molecule has 1 aromatic heterocycles. The van der Waals surface area contributed by atoms with Crippen molar-refractivity contribution in [2.24, 2.45) is 11.3 Å². The lowest BCUT2D eigenvalue weighted by atomic mass is 9.82. The van der Waals surface area contributed by atoms with Crippen LogP contribution in [-0.2, 0) is 0 Å². The Morgan fingerprint density at radius 3 is 2.62 bits per heavy atom. The van der Waals surface area contributed by atoms with Gasteiger partial charge in [0.05, 0.1) is 7.11 Å². The van der Waals surface area contributed by atoms with Gasteiger partial charge in [0, 0.05) is 12.6 Å². The summed E-state index contributed by atoms with van der Waals surface area (Å²) in [4.78, 5) is 8.10. The molecule has 0 aliphatic heterocycles. The number of hydrogen-bond donors (Lipinski definition) is 1. The first-order chi connectivity index (χ1) is 7.43. The van der Waals surface area contributed by atoms with Gasteiger partial charge in [-0.3, -0.25) is 0 Å². The minimum absolute atomic E-state index is 0.296. The maximum absolute atomic E-state index is 5.04. The van der Waals surface area contributed by atoms with Gasteiger partial charge in [0.1, 0.15) is 12.1 Å². The molecule has 0 spiro atoms. The van der Waals surface area contributed by atoms with Crippen LogP contribution in [0.5, 0.6) is 5.88 Å². The van der Waals surface area contributed by atoms with E-state index in [0.29, 0.717) is 17.2 Å². The molecule has 0 amide bonds. The summed E-state index contributed by atoms with van der Waals surface area (Å²) >= 11 is 0. The molecule has 4 nitrogen and oxygen atoms in total. The van der Waals surface area contributed by atoms with Gasteiger partial charge in [-0.05, 0) is 11.3 Å². The van der Waals surface area contributed by atoms with Crippen LogP contribution in [0.25, 0.3) is 0 Å². The first-order valence-corrected chi connectivity index (χ1v) is 5.53. The SMILES string of the molecule is COc1cc(NCC(C)C(C)(C)C)ncn1. The highest BCUT2D eigenvalue weighted by Crippen LogP contribution is 2.25. The Morgan fingerprint density at radius 2 is 2.06 bits per heavy atom. The zero-order valence-corrected chi connectivity index (χ0v) is 10.7. The maximum atomic E-state index is 5.04. The summed E-state index contributed by atoms with van der Waals surface area (Å²) < 4.78 is 5.04. The average Bonchev–Trinajstić information content (AvgIpc) is 2.25. The molecule has 1 unspecified atom stereocenters. The van der Waals surface area contributed by atoms with Crippen molar-refractivity contribution < 1.29 is 4.74 Å². The molecule has 1 heterocycles. The van der Waals surface area contributed by atoms with Crippen LogP contribution in [0.2, 0.25) is 0 Å². The van der Waals surface area contributed by atoms with Crippen LogP contribution in [0.4, 0.5) is 5.82 Å². The molecule has 0 saturated heterocycles. The van der Waals surface area contributed by atoms with Gasteiger partial charge in [0.25, 0.3) is 0 Å². The molecule has 0 fully saturated rings. The van der Waals surface area contributed by atoms with Gasteiger partial charge in [-0.2, -0.15) is 0 Å². The second kappa shape index (κ2) is 5.14. The second-order valence-electron chi connectivity index (χ2n) is 5.09. The molecule has 0 aliphatic rings. The van der Waals surface area contributed by atoms with Crippen LogP contribution in [-0.4, -0.2) is 23.6 Å². The molecule has 16 heavy (non-hydrogen) atoms. The van der Waals surface area contributed by atoms with Crippen molar-refractivity contribution in [3.63, 3.8) is 0 Å². The van der Waals surface area contributed by atoms with E-state index in [9.17, 15) is 0 Å². The van der Waals surface area contributed by atoms with E-state index >= 15 is 0 Å². The highest BCUT2D eigenvalue weighted by molar-refractivity contribution is 5.36. The number of ether oxygens (including phenoxy) is 1. The maximum Gasteiger partial charge on any atom is 0.218 e. The molecule has 1 atom stereocenters. The number of nitrogens with one attached hydrogen (secondary N) is 1. The Labute approximate surface area is 97.5 Å². The van der Waals surface area contributed by atoms with Crippen molar-refractivity contribution in [2.75, 3.05) is 19.0 Å². The Morgan fingerprint density at radius 1 is 1.38 bits per heavy atom. The molecular formula is C12H21N3O. The Hall–Kier alpha value is -1.32. The van der Waals surface area contributed by atoms with E-state index in [1.54, 1.807) is 13.2 Å². The third kappa shape index (κ3) is 3.68. The predicted molar refractivity (Wildman–Crippen MR) is 65.7 cm³/mol.